The number of allylic oxidation sites excluding steroid dienone is 2. The number of hydrogen-bond donors (Lipinski definition) is 2. The maximum atomic E-state index is 10.7. The van der Waals surface area contributed by atoms with Crippen LogP contribution in [0.4, 0.5) is 0 Å². The van der Waals surface area contributed by atoms with Crippen LogP contribution in [-0.4, -0.2) is 30.8 Å². The smallest absolute Gasteiger partial charge is 0.335 e. The number of benzene rings is 1. The molecule has 0 aliphatic heterocycles. The first-order chi connectivity index (χ1) is 9.75. The molecule has 0 bridgehead atoms. The highest BCUT2D eigenvalue weighted by Gasteiger charge is 2.08. The molecule has 0 heterocycles. The number of carboxylic acid groups (broad SMARTS) is 1. The summed E-state index contributed by atoms with van der Waals surface area (Å²) in [5.41, 5.74) is 0.279. The Labute approximate surface area is 119 Å². The zero-order valence-corrected chi connectivity index (χ0v) is 11.5. The summed E-state index contributed by atoms with van der Waals surface area (Å²) in [5.74, 6) is 0.534. The summed E-state index contributed by atoms with van der Waals surface area (Å²) in [6.07, 6.45) is 8.14. The van der Waals surface area contributed by atoms with Gasteiger partial charge in [0.1, 0.15) is 12.4 Å². The maximum absolute atomic E-state index is 10.7. The monoisotopic (exact) mass is 275 g/mol. The minimum Gasteiger partial charge on any atom is -0.492 e. The average Bonchev–Trinajstić information content (AvgIpc) is 2.48. The number of ether oxygens (including phenoxy) is 1. The molecule has 1 aromatic rings. The molecule has 4 nitrogen and oxygen atoms in total. The first-order valence-corrected chi connectivity index (χ1v) is 7.07. The predicted molar refractivity (Wildman–Crippen MR) is 78.2 cm³/mol. The number of nitrogens with one attached hydrogen (secondary N) is 1. The minimum atomic E-state index is -0.917. The molecule has 2 rings (SSSR count). The van der Waals surface area contributed by atoms with Crippen molar-refractivity contribution in [2.45, 2.75) is 19.3 Å². The summed E-state index contributed by atoms with van der Waals surface area (Å²) in [5, 5.41) is 12.2. The van der Waals surface area contributed by atoms with Crippen molar-refractivity contribution in [2.24, 2.45) is 5.92 Å². The minimum absolute atomic E-state index is 0.279. The SMILES string of the molecule is O=C(O)c1ccc(OCCNCC2CC=CCC2)cc1. The van der Waals surface area contributed by atoms with Crippen LogP contribution in [0.25, 0.3) is 0 Å². The van der Waals surface area contributed by atoms with Crippen molar-refractivity contribution in [1.82, 2.24) is 5.32 Å². The van der Waals surface area contributed by atoms with Gasteiger partial charge in [-0.25, -0.2) is 4.79 Å². The number of carbonyl (C=O) groups is 1. The molecule has 4 heteroatoms. The molecule has 0 spiro atoms. The Kier molecular flexibility index (Phi) is 5.62. The van der Waals surface area contributed by atoms with Crippen molar-refractivity contribution in [2.75, 3.05) is 19.7 Å². The fourth-order valence-corrected chi connectivity index (χ4v) is 2.28. The second-order valence-electron chi connectivity index (χ2n) is 5.03. The third kappa shape index (κ3) is 4.70. The Morgan fingerprint density at radius 2 is 2.10 bits per heavy atom. The molecule has 0 aromatic heterocycles. The van der Waals surface area contributed by atoms with Gasteiger partial charge in [0, 0.05) is 6.54 Å². The molecule has 1 unspecified atom stereocenters. The van der Waals surface area contributed by atoms with E-state index >= 15 is 0 Å². The number of carboxylic acids is 1. The fraction of sp³-hybridized carbons (Fsp3) is 0.438. The van der Waals surface area contributed by atoms with Crippen LogP contribution < -0.4 is 10.1 Å². The average molecular weight is 275 g/mol. The lowest BCUT2D eigenvalue weighted by atomic mass is 9.94. The molecule has 0 radical (unpaired) electrons. The maximum Gasteiger partial charge on any atom is 0.335 e. The van der Waals surface area contributed by atoms with Gasteiger partial charge in [0.2, 0.25) is 0 Å². The number of rotatable bonds is 7. The standard InChI is InChI=1S/C16H21NO3/c18-16(19)14-6-8-15(9-7-14)20-11-10-17-12-13-4-2-1-3-5-13/h1-2,6-9,13,17H,3-5,10-12H2,(H,18,19). The van der Waals surface area contributed by atoms with E-state index in [1.165, 1.54) is 19.3 Å². The Morgan fingerprint density at radius 3 is 2.75 bits per heavy atom. The molecule has 2 N–H and O–H groups in total. The van der Waals surface area contributed by atoms with Crippen LogP contribution >= 0.6 is 0 Å². The van der Waals surface area contributed by atoms with Gasteiger partial charge < -0.3 is 15.2 Å². The molecule has 0 fully saturated rings. The van der Waals surface area contributed by atoms with Crippen molar-refractivity contribution in [3.63, 3.8) is 0 Å². The van der Waals surface area contributed by atoms with Crippen molar-refractivity contribution in [1.29, 1.82) is 0 Å². The fourth-order valence-electron chi connectivity index (χ4n) is 2.28. The van der Waals surface area contributed by atoms with Crippen LogP contribution in [0.5, 0.6) is 5.75 Å². The van der Waals surface area contributed by atoms with E-state index in [9.17, 15) is 4.79 Å². The molecule has 1 atom stereocenters. The van der Waals surface area contributed by atoms with E-state index < -0.39 is 5.97 Å². The van der Waals surface area contributed by atoms with E-state index in [-0.39, 0.29) is 5.56 Å². The van der Waals surface area contributed by atoms with Crippen molar-refractivity contribution < 1.29 is 14.6 Å². The Bertz CT molecular complexity index is 453. The molecule has 0 amide bonds. The molecule has 20 heavy (non-hydrogen) atoms. The highest BCUT2D eigenvalue weighted by atomic mass is 16.5. The van der Waals surface area contributed by atoms with Crippen LogP contribution in [-0.2, 0) is 0 Å². The van der Waals surface area contributed by atoms with Crippen LogP contribution in [0.15, 0.2) is 36.4 Å². The zero-order valence-electron chi connectivity index (χ0n) is 11.5. The van der Waals surface area contributed by atoms with Crippen LogP contribution in [0.1, 0.15) is 29.6 Å². The van der Waals surface area contributed by atoms with E-state index in [4.69, 9.17) is 9.84 Å². The van der Waals surface area contributed by atoms with E-state index in [1.807, 2.05) is 0 Å². The second kappa shape index (κ2) is 7.70. The molecule has 1 aliphatic rings. The lowest BCUT2D eigenvalue weighted by Crippen LogP contribution is -2.27. The van der Waals surface area contributed by atoms with Gasteiger partial charge in [-0.2, -0.15) is 0 Å². The van der Waals surface area contributed by atoms with Gasteiger partial charge in [-0.1, -0.05) is 12.2 Å². The lowest BCUT2D eigenvalue weighted by Gasteiger charge is -2.18. The number of hydrogen-bond acceptors (Lipinski definition) is 3. The van der Waals surface area contributed by atoms with Gasteiger partial charge in [0.25, 0.3) is 0 Å². The molecular formula is C16H21NO3. The second-order valence-corrected chi connectivity index (χ2v) is 5.03. The topological polar surface area (TPSA) is 58.6 Å². The highest BCUT2D eigenvalue weighted by molar-refractivity contribution is 5.87. The van der Waals surface area contributed by atoms with Gasteiger partial charge in [-0.3, -0.25) is 0 Å². The third-order valence-corrected chi connectivity index (χ3v) is 3.46. The molecule has 108 valence electrons. The van der Waals surface area contributed by atoms with E-state index in [1.54, 1.807) is 24.3 Å². The largest absolute Gasteiger partial charge is 0.492 e. The molecule has 1 aliphatic carbocycles. The summed E-state index contributed by atoms with van der Waals surface area (Å²) < 4.78 is 5.56. The van der Waals surface area contributed by atoms with Crippen LogP contribution in [0, 0.1) is 5.92 Å². The lowest BCUT2D eigenvalue weighted by molar-refractivity contribution is 0.0697. The van der Waals surface area contributed by atoms with Crippen molar-refractivity contribution in [3.8, 4) is 5.75 Å². The first kappa shape index (κ1) is 14.6. The molecule has 0 saturated heterocycles. The van der Waals surface area contributed by atoms with Crippen LogP contribution in [0.3, 0.4) is 0 Å². The Hall–Kier alpha value is -1.81. The summed E-state index contributed by atoms with van der Waals surface area (Å²) >= 11 is 0. The normalized spacial score (nSPS) is 17.9. The highest BCUT2D eigenvalue weighted by Crippen LogP contribution is 2.16. The third-order valence-electron chi connectivity index (χ3n) is 3.46. The summed E-state index contributed by atoms with van der Waals surface area (Å²) in [4.78, 5) is 10.7. The van der Waals surface area contributed by atoms with Gasteiger partial charge in [0.05, 0.1) is 5.56 Å². The van der Waals surface area contributed by atoms with Gasteiger partial charge in [0.15, 0.2) is 0 Å². The van der Waals surface area contributed by atoms with E-state index in [2.05, 4.69) is 17.5 Å². The van der Waals surface area contributed by atoms with Gasteiger partial charge in [-0.05, 0) is 56.0 Å². The Balaban J connectivity index is 1.60. The van der Waals surface area contributed by atoms with Gasteiger partial charge in [-0.15, -0.1) is 0 Å². The van der Waals surface area contributed by atoms with Crippen LogP contribution in [0.2, 0.25) is 0 Å². The summed E-state index contributed by atoms with van der Waals surface area (Å²) in [6.45, 7) is 2.43. The molecule has 0 saturated carbocycles. The predicted octanol–water partition coefficient (Wildman–Crippen LogP) is 2.71. The van der Waals surface area contributed by atoms with Crippen molar-refractivity contribution in [3.05, 3.63) is 42.0 Å². The van der Waals surface area contributed by atoms with Gasteiger partial charge >= 0.3 is 5.97 Å². The molecule has 1 aromatic carbocycles. The first-order valence-electron chi connectivity index (χ1n) is 7.07. The Morgan fingerprint density at radius 1 is 1.30 bits per heavy atom. The van der Waals surface area contributed by atoms with E-state index in [0.29, 0.717) is 12.4 Å². The quantitative estimate of drug-likeness (QED) is 0.593. The zero-order chi connectivity index (χ0) is 14.2. The van der Waals surface area contributed by atoms with Crippen molar-refractivity contribution >= 4 is 5.97 Å². The van der Waals surface area contributed by atoms with E-state index in [0.717, 1.165) is 19.0 Å². The molecular weight excluding hydrogens is 254 g/mol. The number of aromatic carboxylic acids is 1. The summed E-state index contributed by atoms with van der Waals surface area (Å²) in [6, 6.07) is 6.49. The summed E-state index contributed by atoms with van der Waals surface area (Å²) in [7, 11) is 0.